The Kier molecular flexibility index (Phi) is 5.73. The molecule has 0 atom stereocenters. The quantitative estimate of drug-likeness (QED) is 0.491. The van der Waals surface area contributed by atoms with Crippen LogP contribution < -0.4 is 0 Å². The predicted molar refractivity (Wildman–Crippen MR) is 103 cm³/mol. The lowest BCUT2D eigenvalue weighted by molar-refractivity contribution is -0.137. The van der Waals surface area contributed by atoms with E-state index in [9.17, 15) is 4.79 Å². The molecule has 3 rings (SSSR count). The zero-order valence-corrected chi connectivity index (χ0v) is 15.9. The molecule has 0 radical (unpaired) electrons. The number of thioether (sulfide) groups is 1. The Morgan fingerprint density at radius 1 is 1.12 bits per heavy atom. The number of aromatic nitrogens is 3. The molecule has 0 spiro atoms. The number of methoxy groups -OCH3 is 1. The van der Waals surface area contributed by atoms with E-state index in [0.717, 1.165) is 22.6 Å². The standard InChI is InChI=1S/C20H21N3O2S/c1-14-9-10-17(15(2)11-14)23-18(12-16-7-5-4-6-8-16)21-22-20(23)26-13-19(24)25-3/h4-11H,12-13H2,1-3H3. The van der Waals surface area contributed by atoms with Crippen LogP contribution >= 0.6 is 11.8 Å². The lowest BCUT2D eigenvalue weighted by Gasteiger charge is -2.13. The highest BCUT2D eigenvalue weighted by atomic mass is 32.2. The minimum absolute atomic E-state index is 0.199. The second kappa shape index (κ2) is 8.19. The highest BCUT2D eigenvalue weighted by Crippen LogP contribution is 2.26. The van der Waals surface area contributed by atoms with Gasteiger partial charge in [-0.2, -0.15) is 0 Å². The number of esters is 1. The molecular weight excluding hydrogens is 346 g/mol. The molecule has 0 aliphatic heterocycles. The van der Waals surface area contributed by atoms with Crippen molar-refractivity contribution < 1.29 is 9.53 Å². The van der Waals surface area contributed by atoms with Crippen molar-refractivity contribution in [2.45, 2.75) is 25.4 Å². The van der Waals surface area contributed by atoms with Gasteiger partial charge < -0.3 is 4.74 Å². The summed E-state index contributed by atoms with van der Waals surface area (Å²) in [4.78, 5) is 11.5. The molecule has 0 aliphatic carbocycles. The summed E-state index contributed by atoms with van der Waals surface area (Å²) < 4.78 is 6.78. The molecule has 0 bridgehead atoms. The summed E-state index contributed by atoms with van der Waals surface area (Å²) in [6.07, 6.45) is 0.667. The predicted octanol–water partition coefficient (Wildman–Crippen LogP) is 3.74. The number of aryl methyl sites for hydroxylation is 2. The minimum Gasteiger partial charge on any atom is -0.468 e. The number of hydrogen-bond donors (Lipinski definition) is 0. The molecule has 0 unspecified atom stereocenters. The molecule has 26 heavy (non-hydrogen) atoms. The lowest BCUT2D eigenvalue weighted by atomic mass is 10.1. The first kappa shape index (κ1) is 18.2. The molecule has 0 amide bonds. The van der Waals surface area contributed by atoms with E-state index in [4.69, 9.17) is 4.74 Å². The summed E-state index contributed by atoms with van der Waals surface area (Å²) in [6, 6.07) is 16.4. The summed E-state index contributed by atoms with van der Waals surface area (Å²) >= 11 is 1.33. The Morgan fingerprint density at radius 2 is 1.88 bits per heavy atom. The molecular formula is C20H21N3O2S. The fraction of sp³-hybridized carbons (Fsp3) is 0.250. The van der Waals surface area contributed by atoms with Crippen LogP contribution in [0.1, 0.15) is 22.5 Å². The van der Waals surface area contributed by atoms with Crippen LogP contribution in [0.4, 0.5) is 0 Å². The Morgan fingerprint density at radius 3 is 2.58 bits per heavy atom. The normalized spacial score (nSPS) is 10.7. The van der Waals surface area contributed by atoms with Crippen molar-refractivity contribution in [1.29, 1.82) is 0 Å². The van der Waals surface area contributed by atoms with Gasteiger partial charge in [-0.05, 0) is 31.0 Å². The van der Waals surface area contributed by atoms with Crippen molar-refractivity contribution in [3.63, 3.8) is 0 Å². The van der Waals surface area contributed by atoms with Crippen molar-refractivity contribution in [3.8, 4) is 5.69 Å². The highest BCUT2D eigenvalue weighted by Gasteiger charge is 2.17. The van der Waals surface area contributed by atoms with Gasteiger partial charge in [-0.15, -0.1) is 10.2 Å². The molecule has 1 aromatic heterocycles. The first-order valence-electron chi connectivity index (χ1n) is 8.34. The Hall–Kier alpha value is -2.60. The number of carbonyl (C=O) groups excluding carboxylic acids is 1. The maximum atomic E-state index is 11.5. The summed E-state index contributed by atoms with van der Waals surface area (Å²) in [5.74, 6) is 0.760. The SMILES string of the molecule is COC(=O)CSc1nnc(Cc2ccccc2)n1-c1ccc(C)cc1C. The first-order valence-corrected chi connectivity index (χ1v) is 9.32. The Labute approximate surface area is 157 Å². The fourth-order valence-electron chi connectivity index (χ4n) is 2.77. The first-order chi connectivity index (χ1) is 12.6. The third kappa shape index (κ3) is 4.14. The average Bonchev–Trinajstić information content (AvgIpc) is 3.03. The average molecular weight is 367 g/mol. The van der Waals surface area contributed by atoms with Gasteiger partial charge in [0.25, 0.3) is 0 Å². The van der Waals surface area contributed by atoms with E-state index in [0.29, 0.717) is 11.6 Å². The third-order valence-electron chi connectivity index (χ3n) is 4.05. The molecule has 2 aromatic carbocycles. The third-order valence-corrected chi connectivity index (χ3v) is 4.95. The zero-order valence-electron chi connectivity index (χ0n) is 15.1. The van der Waals surface area contributed by atoms with E-state index < -0.39 is 0 Å². The molecule has 0 aliphatic rings. The van der Waals surface area contributed by atoms with E-state index in [1.165, 1.54) is 24.4 Å². The lowest BCUT2D eigenvalue weighted by Crippen LogP contribution is -2.08. The zero-order chi connectivity index (χ0) is 18.5. The van der Waals surface area contributed by atoms with E-state index >= 15 is 0 Å². The van der Waals surface area contributed by atoms with Crippen LogP contribution in [0.5, 0.6) is 0 Å². The largest absolute Gasteiger partial charge is 0.468 e. The maximum Gasteiger partial charge on any atom is 0.316 e. The fourth-order valence-corrected chi connectivity index (χ4v) is 3.56. The van der Waals surface area contributed by atoms with Crippen LogP contribution in [0.2, 0.25) is 0 Å². The van der Waals surface area contributed by atoms with Crippen molar-refractivity contribution in [1.82, 2.24) is 14.8 Å². The molecule has 134 valence electrons. The van der Waals surface area contributed by atoms with E-state index in [-0.39, 0.29) is 11.7 Å². The van der Waals surface area contributed by atoms with Crippen molar-refractivity contribution in [3.05, 3.63) is 71.0 Å². The highest BCUT2D eigenvalue weighted by molar-refractivity contribution is 7.99. The summed E-state index contributed by atoms with van der Waals surface area (Å²) in [5.41, 5.74) is 4.53. The molecule has 0 saturated heterocycles. The van der Waals surface area contributed by atoms with Gasteiger partial charge >= 0.3 is 5.97 Å². The van der Waals surface area contributed by atoms with Gasteiger partial charge in [0, 0.05) is 6.42 Å². The van der Waals surface area contributed by atoms with E-state index in [2.05, 4.69) is 54.4 Å². The van der Waals surface area contributed by atoms with Crippen molar-refractivity contribution in [2.24, 2.45) is 0 Å². The number of rotatable bonds is 6. The van der Waals surface area contributed by atoms with Gasteiger partial charge in [0.2, 0.25) is 0 Å². The molecule has 0 fully saturated rings. The summed E-state index contributed by atoms with van der Waals surface area (Å²) in [7, 11) is 1.39. The Bertz CT molecular complexity index is 907. The number of benzene rings is 2. The maximum absolute atomic E-state index is 11.5. The molecule has 3 aromatic rings. The van der Waals surface area contributed by atoms with Gasteiger partial charge in [0.05, 0.1) is 18.6 Å². The summed E-state index contributed by atoms with van der Waals surface area (Å²) in [6.45, 7) is 4.14. The smallest absolute Gasteiger partial charge is 0.316 e. The van der Waals surface area contributed by atoms with Crippen LogP contribution in [0.25, 0.3) is 5.69 Å². The van der Waals surface area contributed by atoms with Crippen molar-refractivity contribution in [2.75, 3.05) is 12.9 Å². The molecule has 1 heterocycles. The monoisotopic (exact) mass is 367 g/mol. The van der Waals surface area contributed by atoms with Gasteiger partial charge in [-0.25, -0.2) is 0 Å². The van der Waals surface area contributed by atoms with Crippen LogP contribution in [-0.2, 0) is 16.0 Å². The van der Waals surface area contributed by atoms with Crippen LogP contribution in [0.3, 0.4) is 0 Å². The molecule has 5 nitrogen and oxygen atoms in total. The summed E-state index contributed by atoms with van der Waals surface area (Å²) in [5, 5.41) is 9.41. The second-order valence-electron chi connectivity index (χ2n) is 6.05. The number of ether oxygens (including phenoxy) is 1. The topological polar surface area (TPSA) is 57.0 Å². The molecule has 0 saturated carbocycles. The molecule has 6 heteroatoms. The van der Waals surface area contributed by atoms with Gasteiger partial charge in [0.15, 0.2) is 5.16 Å². The van der Waals surface area contributed by atoms with E-state index in [1.807, 2.05) is 22.8 Å². The minimum atomic E-state index is -0.283. The Balaban J connectivity index is 2.01. The van der Waals surface area contributed by atoms with Gasteiger partial charge in [-0.3, -0.25) is 9.36 Å². The van der Waals surface area contributed by atoms with Gasteiger partial charge in [0.1, 0.15) is 5.82 Å². The van der Waals surface area contributed by atoms with Gasteiger partial charge in [-0.1, -0.05) is 59.8 Å². The van der Waals surface area contributed by atoms with Crippen LogP contribution in [0.15, 0.2) is 53.7 Å². The van der Waals surface area contributed by atoms with Crippen LogP contribution in [0, 0.1) is 13.8 Å². The second-order valence-corrected chi connectivity index (χ2v) is 6.99. The number of carbonyl (C=O) groups is 1. The van der Waals surface area contributed by atoms with Crippen molar-refractivity contribution >= 4 is 17.7 Å². The number of hydrogen-bond acceptors (Lipinski definition) is 5. The van der Waals surface area contributed by atoms with Crippen LogP contribution in [-0.4, -0.2) is 33.6 Å². The van der Waals surface area contributed by atoms with E-state index in [1.54, 1.807) is 0 Å². The number of nitrogens with zero attached hydrogens (tertiary/aromatic N) is 3. The molecule has 0 N–H and O–H groups in total.